The van der Waals surface area contributed by atoms with Crippen LogP contribution in [0.25, 0.3) is 0 Å². The van der Waals surface area contributed by atoms with Crippen LogP contribution in [0.4, 0.5) is 5.69 Å². The summed E-state index contributed by atoms with van der Waals surface area (Å²) in [6.45, 7) is 0. The van der Waals surface area contributed by atoms with E-state index in [1.165, 1.54) is 27.7 Å². The van der Waals surface area contributed by atoms with Gasteiger partial charge in [-0.3, -0.25) is 4.79 Å². The fourth-order valence-electron chi connectivity index (χ4n) is 1.70. The molecule has 2 aromatic rings. The molecule has 8 heteroatoms. The van der Waals surface area contributed by atoms with E-state index in [4.69, 9.17) is 24.7 Å². The van der Waals surface area contributed by atoms with Gasteiger partial charge in [0.05, 0.1) is 27.7 Å². The zero-order valence-corrected chi connectivity index (χ0v) is 11.8. The monoisotopic (exact) mass is 293 g/mol. The van der Waals surface area contributed by atoms with Crippen LogP contribution in [0.3, 0.4) is 0 Å². The second kappa shape index (κ2) is 6.04. The van der Waals surface area contributed by atoms with Gasteiger partial charge in [0.25, 0.3) is 5.56 Å². The van der Waals surface area contributed by atoms with Crippen LogP contribution in [0.5, 0.6) is 28.9 Å². The van der Waals surface area contributed by atoms with Crippen molar-refractivity contribution >= 4 is 5.69 Å². The number of methoxy groups -OCH3 is 3. The fraction of sp³-hybridized carbons (Fsp3) is 0.231. The van der Waals surface area contributed by atoms with Crippen LogP contribution < -0.4 is 30.2 Å². The molecule has 0 amide bonds. The van der Waals surface area contributed by atoms with Crippen molar-refractivity contribution in [3.05, 3.63) is 28.8 Å². The first-order valence-electron chi connectivity index (χ1n) is 5.91. The summed E-state index contributed by atoms with van der Waals surface area (Å²) in [4.78, 5) is 17.6. The molecule has 0 spiro atoms. The van der Waals surface area contributed by atoms with Crippen LogP contribution in [0.1, 0.15) is 0 Å². The van der Waals surface area contributed by atoms with E-state index in [0.29, 0.717) is 23.0 Å². The molecule has 0 aliphatic rings. The normalized spacial score (nSPS) is 10.0. The minimum absolute atomic E-state index is 0.00646. The van der Waals surface area contributed by atoms with Crippen molar-refractivity contribution in [3.63, 3.8) is 0 Å². The molecule has 0 aliphatic carbocycles. The second-order valence-corrected chi connectivity index (χ2v) is 3.91. The summed E-state index contributed by atoms with van der Waals surface area (Å²) in [6, 6.07) is 3.15. The Labute approximate surface area is 120 Å². The highest BCUT2D eigenvalue weighted by Crippen LogP contribution is 2.41. The third-order valence-corrected chi connectivity index (χ3v) is 2.71. The van der Waals surface area contributed by atoms with Crippen LogP contribution in [0.2, 0.25) is 0 Å². The first-order chi connectivity index (χ1) is 10.1. The molecular weight excluding hydrogens is 278 g/mol. The zero-order valence-electron chi connectivity index (χ0n) is 11.8. The van der Waals surface area contributed by atoms with E-state index < -0.39 is 5.56 Å². The van der Waals surface area contributed by atoms with Crippen LogP contribution in [-0.4, -0.2) is 31.3 Å². The van der Waals surface area contributed by atoms with Crippen molar-refractivity contribution in [1.29, 1.82) is 0 Å². The van der Waals surface area contributed by atoms with Gasteiger partial charge >= 0.3 is 0 Å². The van der Waals surface area contributed by atoms with E-state index >= 15 is 0 Å². The summed E-state index contributed by atoms with van der Waals surface area (Å²) in [6.07, 6.45) is 1.20. The number of H-pyrrole nitrogens is 1. The van der Waals surface area contributed by atoms with Gasteiger partial charge in [0.2, 0.25) is 11.6 Å². The van der Waals surface area contributed by atoms with Gasteiger partial charge in [-0.1, -0.05) is 0 Å². The molecule has 0 aliphatic heterocycles. The Balaban J connectivity index is 2.45. The number of rotatable bonds is 5. The van der Waals surface area contributed by atoms with Gasteiger partial charge in [0.15, 0.2) is 17.2 Å². The van der Waals surface area contributed by atoms with Gasteiger partial charge in [-0.15, -0.1) is 0 Å². The summed E-state index contributed by atoms with van der Waals surface area (Å²) in [7, 11) is 4.47. The largest absolute Gasteiger partial charge is 0.493 e. The molecule has 1 aromatic heterocycles. The summed E-state index contributed by atoms with van der Waals surface area (Å²) < 4.78 is 21.1. The molecule has 0 saturated heterocycles. The van der Waals surface area contributed by atoms with Gasteiger partial charge in [0, 0.05) is 12.1 Å². The number of aromatic amines is 1. The standard InChI is InChI=1S/C13H15N3O5/c1-18-8-4-7(5-9(19-2)11(8)20-3)21-13-10(14)12(17)15-6-16-13/h4-6H,14H2,1-3H3,(H,15,16,17). The van der Waals surface area contributed by atoms with Crippen LogP contribution in [-0.2, 0) is 0 Å². The van der Waals surface area contributed by atoms with Crippen LogP contribution >= 0.6 is 0 Å². The second-order valence-electron chi connectivity index (χ2n) is 3.91. The van der Waals surface area contributed by atoms with Crippen LogP contribution in [0.15, 0.2) is 23.3 Å². The Bertz CT molecular complexity index is 673. The molecule has 2 rings (SSSR count). The molecule has 8 nitrogen and oxygen atoms in total. The average Bonchev–Trinajstić information content (AvgIpc) is 2.50. The van der Waals surface area contributed by atoms with Gasteiger partial charge in [-0.05, 0) is 0 Å². The number of ether oxygens (including phenoxy) is 4. The number of nitrogens with one attached hydrogen (secondary N) is 1. The van der Waals surface area contributed by atoms with Crippen molar-refractivity contribution in [3.8, 4) is 28.9 Å². The number of nitrogen functional groups attached to an aromatic ring is 1. The lowest BCUT2D eigenvalue weighted by atomic mass is 10.2. The van der Waals surface area contributed by atoms with E-state index in [2.05, 4.69) is 9.97 Å². The molecule has 0 bridgehead atoms. The summed E-state index contributed by atoms with van der Waals surface area (Å²) in [5.74, 6) is 1.59. The van der Waals surface area contributed by atoms with E-state index in [-0.39, 0.29) is 11.6 Å². The number of hydrogen-bond acceptors (Lipinski definition) is 7. The number of benzene rings is 1. The number of hydrogen-bond donors (Lipinski definition) is 2. The molecule has 21 heavy (non-hydrogen) atoms. The average molecular weight is 293 g/mol. The van der Waals surface area contributed by atoms with Crippen molar-refractivity contribution in [2.75, 3.05) is 27.1 Å². The van der Waals surface area contributed by atoms with E-state index in [1.807, 2.05) is 0 Å². The summed E-state index contributed by atoms with van der Waals surface area (Å²) in [5.41, 5.74) is 5.01. The topological polar surface area (TPSA) is 109 Å². The van der Waals surface area contributed by atoms with Gasteiger partial charge in [-0.2, -0.15) is 0 Å². The maximum absolute atomic E-state index is 11.4. The maximum Gasteiger partial charge on any atom is 0.277 e. The molecule has 0 radical (unpaired) electrons. The molecule has 0 saturated carbocycles. The summed E-state index contributed by atoms with van der Waals surface area (Å²) >= 11 is 0. The lowest BCUT2D eigenvalue weighted by Crippen LogP contribution is -2.13. The Morgan fingerprint density at radius 2 is 1.71 bits per heavy atom. The lowest BCUT2D eigenvalue weighted by Gasteiger charge is -2.14. The Morgan fingerprint density at radius 1 is 1.10 bits per heavy atom. The van der Waals surface area contributed by atoms with E-state index in [0.717, 1.165) is 0 Å². The Kier molecular flexibility index (Phi) is 4.17. The van der Waals surface area contributed by atoms with Gasteiger partial charge < -0.3 is 29.7 Å². The first kappa shape index (κ1) is 14.5. The lowest BCUT2D eigenvalue weighted by molar-refractivity contribution is 0.320. The number of aromatic nitrogens is 2. The number of anilines is 1. The van der Waals surface area contributed by atoms with Crippen molar-refractivity contribution < 1.29 is 18.9 Å². The molecular formula is C13H15N3O5. The summed E-state index contributed by atoms with van der Waals surface area (Å²) in [5, 5.41) is 0. The molecule has 3 N–H and O–H groups in total. The van der Waals surface area contributed by atoms with Crippen molar-refractivity contribution in [2.24, 2.45) is 0 Å². The molecule has 0 fully saturated rings. The SMILES string of the molecule is COc1cc(Oc2nc[nH]c(=O)c2N)cc(OC)c1OC. The zero-order chi connectivity index (χ0) is 15.4. The van der Waals surface area contributed by atoms with Crippen molar-refractivity contribution in [1.82, 2.24) is 9.97 Å². The molecule has 1 heterocycles. The highest BCUT2D eigenvalue weighted by molar-refractivity contribution is 5.57. The minimum Gasteiger partial charge on any atom is -0.493 e. The predicted molar refractivity (Wildman–Crippen MR) is 75.4 cm³/mol. The molecule has 0 atom stereocenters. The third-order valence-electron chi connectivity index (χ3n) is 2.71. The van der Waals surface area contributed by atoms with Gasteiger partial charge in [-0.25, -0.2) is 4.98 Å². The van der Waals surface area contributed by atoms with Gasteiger partial charge in [0.1, 0.15) is 5.75 Å². The molecule has 0 unspecified atom stereocenters. The number of nitrogens with two attached hydrogens (primary N) is 1. The predicted octanol–water partition coefficient (Wildman–Crippen LogP) is 1.17. The Morgan fingerprint density at radius 3 is 2.24 bits per heavy atom. The van der Waals surface area contributed by atoms with E-state index in [9.17, 15) is 4.79 Å². The minimum atomic E-state index is -0.479. The van der Waals surface area contributed by atoms with Crippen LogP contribution in [0, 0.1) is 0 Å². The quantitative estimate of drug-likeness (QED) is 0.851. The maximum atomic E-state index is 11.4. The third kappa shape index (κ3) is 2.83. The smallest absolute Gasteiger partial charge is 0.277 e. The fourth-order valence-corrected chi connectivity index (χ4v) is 1.70. The highest BCUT2D eigenvalue weighted by atomic mass is 16.5. The van der Waals surface area contributed by atoms with Crippen molar-refractivity contribution in [2.45, 2.75) is 0 Å². The van der Waals surface area contributed by atoms with E-state index in [1.54, 1.807) is 12.1 Å². The number of nitrogens with zero attached hydrogens (tertiary/aromatic N) is 1. The molecule has 1 aromatic carbocycles. The Hall–Kier alpha value is -2.90. The highest BCUT2D eigenvalue weighted by Gasteiger charge is 2.15. The molecule has 112 valence electrons. The first-order valence-corrected chi connectivity index (χ1v) is 5.91.